The largest absolute Gasteiger partial charge is 0.481 e. The van der Waals surface area contributed by atoms with Crippen molar-refractivity contribution in [2.24, 2.45) is 5.92 Å². The lowest BCUT2D eigenvalue weighted by Gasteiger charge is -2.11. The van der Waals surface area contributed by atoms with E-state index in [2.05, 4.69) is 21.2 Å². The van der Waals surface area contributed by atoms with Gasteiger partial charge in [0.1, 0.15) is 0 Å². The molecule has 0 saturated carbocycles. The normalized spacial score (nSPS) is 11.9. The summed E-state index contributed by atoms with van der Waals surface area (Å²) in [7, 11) is 0. The Hall–Kier alpha value is -1.36. The molecule has 1 rings (SSSR count). The minimum absolute atomic E-state index is 0.00599. The minimum Gasteiger partial charge on any atom is -0.481 e. The van der Waals surface area contributed by atoms with Crippen LogP contribution in [0.1, 0.15) is 31.7 Å². The van der Waals surface area contributed by atoms with E-state index in [9.17, 15) is 9.59 Å². The average Bonchev–Trinajstić information content (AvgIpc) is 2.36. The molecule has 1 aromatic rings. The van der Waals surface area contributed by atoms with Crippen molar-refractivity contribution in [1.82, 2.24) is 5.32 Å². The van der Waals surface area contributed by atoms with Crippen molar-refractivity contribution < 1.29 is 14.7 Å². The van der Waals surface area contributed by atoms with Crippen LogP contribution in [0.2, 0.25) is 0 Å². The number of carboxylic acid groups (broad SMARTS) is 1. The number of carbonyl (C=O) groups excluding carboxylic acids is 1. The molecule has 0 saturated heterocycles. The SMILES string of the molecule is CC(CCNC(=O)Cc1cccc(Br)c1)CCC(=O)O. The van der Waals surface area contributed by atoms with Crippen molar-refractivity contribution in [3.8, 4) is 0 Å². The van der Waals surface area contributed by atoms with Gasteiger partial charge in [-0.25, -0.2) is 0 Å². The Morgan fingerprint density at radius 1 is 1.35 bits per heavy atom. The molecule has 0 radical (unpaired) electrons. The first-order valence-corrected chi connectivity index (χ1v) is 7.49. The van der Waals surface area contributed by atoms with Crippen molar-refractivity contribution in [3.63, 3.8) is 0 Å². The zero-order chi connectivity index (χ0) is 15.0. The number of hydrogen-bond donors (Lipinski definition) is 2. The summed E-state index contributed by atoms with van der Waals surface area (Å²) in [5.74, 6) is -0.471. The molecule has 0 aliphatic carbocycles. The van der Waals surface area contributed by atoms with Crippen LogP contribution in [0.25, 0.3) is 0 Å². The van der Waals surface area contributed by atoms with Crippen molar-refractivity contribution in [2.75, 3.05) is 6.54 Å². The third-order valence-corrected chi connectivity index (χ3v) is 3.56. The quantitative estimate of drug-likeness (QED) is 0.763. The number of hydrogen-bond acceptors (Lipinski definition) is 2. The molecule has 0 bridgehead atoms. The summed E-state index contributed by atoms with van der Waals surface area (Å²) in [6.45, 7) is 2.59. The number of benzene rings is 1. The maximum atomic E-state index is 11.8. The Morgan fingerprint density at radius 3 is 2.75 bits per heavy atom. The van der Waals surface area contributed by atoms with Gasteiger partial charge in [-0.2, -0.15) is 0 Å². The van der Waals surface area contributed by atoms with Gasteiger partial charge in [0.15, 0.2) is 0 Å². The number of aliphatic carboxylic acids is 1. The summed E-state index contributed by atoms with van der Waals surface area (Å²) in [6, 6.07) is 7.67. The molecule has 0 aromatic heterocycles. The Labute approximate surface area is 127 Å². The first kappa shape index (κ1) is 16.7. The fourth-order valence-electron chi connectivity index (χ4n) is 1.87. The molecule has 0 heterocycles. The summed E-state index contributed by atoms with van der Waals surface area (Å²) in [4.78, 5) is 22.2. The first-order valence-electron chi connectivity index (χ1n) is 6.70. The monoisotopic (exact) mass is 341 g/mol. The summed E-state index contributed by atoms with van der Waals surface area (Å²) >= 11 is 3.37. The second kappa shape index (κ2) is 8.74. The lowest BCUT2D eigenvalue weighted by atomic mass is 10.0. The molecule has 1 amide bonds. The predicted octanol–water partition coefficient (Wildman–Crippen LogP) is 3.00. The number of amides is 1. The maximum Gasteiger partial charge on any atom is 0.303 e. The van der Waals surface area contributed by atoms with Gasteiger partial charge in [-0.3, -0.25) is 9.59 Å². The smallest absolute Gasteiger partial charge is 0.303 e. The van der Waals surface area contributed by atoms with E-state index in [4.69, 9.17) is 5.11 Å². The molecule has 0 aliphatic heterocycles. The van der Waals surface area contributed by atoms with E-state index < -0.39 is 5.97 Å². The fourth-order valence-corrected chi connectivity index (χ4v) is 2.31. The molecule has 0 aliphatic rings. The number of rotatable bonds is 8. The second-order valence-electron chi connectivity index (χ2n) is 4.98. The fraction of sp³-hybridized carbons (Fsp3) is 0.467. The topological polar surface area (TPSA) is 66.4 Å². The number of nitrogens with one attached hydrogen (secondary N) is 1. The number of halogens is 1. The number of carbonyl (C=O) groups is 2. The van der Waals surface area contributed by atoms with Gasteiger partial charge >= 0.3 is 5.97 Å². The van der Waals surface area contributed by atoms with Crippen molar-refractivity contribution in [2.45, 2.75) is 32.6 Å². The minimum atomic E-state index is -0.768. The van der Waals surface area contributed by atoms with Gasteiger partial charge in [-0.15, -0.1) is 0 Å². The highest BCUT2D eigenvalue weighted by Gasteiger charge is 2.07. The van der Waals surface area contributed by atoms with Crippen LogP contribution in [0.4, 0.5) is 0 Å². The summed E-state index contributed by atoms with van der Waals surface area (Å²) < 4.78 is 0.963. The van der Waals surface area contributed by atoms with Crippen LogP contribution in [0.15, 0.2) is 28.7 Å². The molecule has 110 valence electrons. The van der Waals surface area contributed by atoms with Crippen molar-refractivity contribution >= 4 is 27.8 Å². The van der Waals surface area contributed by atoms with Gasteiger partial charge in [0.05, 0.1) is 6.42 Å². The van der Waals surface area contributed by atoms with Crippen LogP contribution in [0, 0.1) is 5.92 Å². The lowest BCUT2D eigenvalue weighted by molar-refractivity contribution is -0.137. The molecular formula is C15H20BrNO3. The second-order valence-corrected chi connectivity index (χ2v) is 5.90. The van der Waals surface area contributed by atoms with Crippen molar-refractivity contribution in [3.05, 3.63) is 34.3 Å². The van der Waals surface area contributed by atoms with Crippen LogP contribution >= 0.6 is 15.9 Å². The summed E-state index contributed by atoms with van der Waals surface area (Å²) in [6.07, 6.45) is 2.00. The standard InChI is InChI=1S/C15H20BrNO3/c1-11(5-6-15(19)20)7-8-17-14(18)10-12-3-2-4-13(16)9-12/h2-4,9,11H,5-8,10H2,1H3,(H,17,18)(H,19,20). The van der Waals surface area contributed by atoms with Gasteiger partial charge < -0.3 is 10.4 Å². The van der Waals surface area contributed by atoms with Crippen molar-refractivity contribution in [1.29, 1.82) is 0 Å². The van der Waals surface area contributed by atoms with Gasteiger partial charge in [-0.1, -0.05) is 35.0 Å². The molecule has 1 aromatic carbocycles. The molecular weight excluding hydrogens is 322 g/mol. The highest BCUT2D eigenvalue weighted by Crippen LogP contribution is 2.12. The summed E-state index contributed by atoms with van der Waals surface area (Å²) in [5, 5.41) is 11.5. The van der Waals surface area contributed by atoms with E-state index in [1.54, 1.807) is 0 Å². The van der Waals surface area contributed by atoms with Gasteiger partial charge in [0, 0.05) is 17.4 Å². The molecule has 20 heavy (non-hydrogen) atoms. The zero-order valence-electron chi connectivity index (χ0n) is 11.6. The molecule has 1 atom stereocenters. The van der Waals surface area contributed by atoms with E-state index in [1.165, 1.54) is 0 Å². The van der Waals surface area contributed by atoms with Gasteiger partial charge in [0.2, 0.25) is 5.91 Å². The number of carboxylic acids is 1. The average molecular weight is 342 g/mol. The highest BCUT2D eigenvalue weighted by molar-refractivity contribution is 9.10. The molecule has 0 fully saturated rings. The lowest BCUT2D eigenvalue weighted by Crippen LogP contribution is -2.27. The van der Waals surface area contributed by atoms with Crippen LogP contribution in [-0.2, 0) is 16.0 Å². The molecule has 2 N–H and O–H groups in total. The van der Waals surface area contributed by atoms with E-state index in [0.29, 0.717) is 25.3 Å². The van der Waals surface area contributed by atoms with E-state index in [-0.39, 0.29) is 12.3 Å². The summed E-state index contributed by atoms with van der Waals surface area (Å²) in [5.41, 5.74) is 0.968. The van der Waals surface area contributed by atoms with Crippen LogP contribution in [0.3, 0.4) is 0 Å². The highest BCUT2D eigenvalue weighted by atomic mass is 79.9. The van der Waals surface area contributed by atoms with Gasteiger partial charge in [-0.05, 0) is 36.5 Å². The van der Waals surface area contributed by atoms with Gasteiger partial charge in [0.25, 0.3) is 0 Å². The third kappa shape index (κ3) is 7.28. The molecule has 4 nitrogen and oxygen atoms in total. The predicted molar refractivity (Wildman–Crippen MR) is 81.5 cm³/mol. The molecule has 1 unspecified atom stereocenters. The van der Waals surface area contributed by atoms with Crippen LogP contribution in [-0.4, -0.2) is 23.5 Å². The zero-order valence-corrected chi connectivity index (χ0v) is 13.1. The first-order chi connectivity index (χ1) is 9.47. The maximum absolute atomic E-state index is 11.8. The van der Waals surface area contributed by atoms with E-state index in [0.717, 1.165) is 16.5 Å². The Morgan fingerprint density at radius 2 is 2.10 bits per heavy atom. The Balaban J connectivity index is 2.21. The van der Waals surface area contributed by atoms with Crippen LogP contribution < -0.4 is 5.32 Å². The van der Waals surface area contributed by atoms with E-state index in [1.807, 2.05) is 31.2 Å². The molecule has 0 spiro atoms. The Kier molecular flexibility index (Phi) is 7.30. The third-order valence-electron chi connectivity index (χ3n) is 3.06. The molecule has 5 heteroatoms. The van der Waals surface area contributed by atoms with E-state index >= 15 is 0 Å². The van der Waals surface area contributed by atoms with Crippen LogP contribution in [0.5, 0.6) is 0 Å². The Bertz CT molecular complexity index is 462.